The summed E-state index contributed by atoms with van der Waals surface area (Å²) in [5.74, 6) is -0.891. The molecule has 5 atom stereocenters. The molecule has 0 radical (unpaired) electrons. The molecule has 0 bridgehead atoms. The number of nitrogens with zero attached hydrogens (tertiary/aromatic N) is 1. The molecule has 2 heterocycles. The Hall–Kier alpha value is -2.76. The van der Waals surface area contributed by atoms with Crippen molar-refractivity contribution in [3.8, 4) is 0 Å². The molecule has 0 aromatic heterocycles. The normalized spacial score (nSPS) is 28.8. The molecule has 2 fully saturated rings. The van der Waals surface area contributed by atoms with E-state index >= 15 is 0 Å². The molecule has 0 saturated carbocycles. The van der Waals surface area contributed by atoms with E-state index < -0.39 is 0 Å². The number of benzene rings is 2. The first-order valence-electron chi connectivity index (χ1n) is 10.5. The monoisotopic (exact) mass is 403 g/mol. The largest absolute Gasteiger partial charge is 0.371 e. The molecule has 2 aromatic carbocycles. The molecule has 1 aliphatic carbocycles. The number of hydrogen-bond donors (Lipinski definition) is 0. The molecule has 2 amide bonds. The molecular weight excluding hydrogens is 378 g/mol. The van der Waals surface area contributed by atoms with E-state index in [4.69, 9.17) is 9.47 Å². The third kappa shape index (κ3) is 3.18. The Morgan fingerprint density at radius 1 is 1.00 bits per heavy atom. The maximum Gasteiger partial charge on any atom is 0.238 e. The number of imide groups is 1. The van der Waals surface area contributed by atoms with E-state index in [0.717, 1.165) is 11.1 Å². The lowest BCUT2D eigenvalue weighted by Crippen LogP contribution is -2.34. The van der Waals surface area contributed by atoms with Crippen LogP contribution in [0, 0.1) is 17.8 Å². The van der Waals surface area contributed by atoms with Gasteiger partial charge < -0.3 is 9.47 Å². The van der Waals surface area contributed by atoms with Gasteiger partial charge in [-0.25, -0.2) is 0 Å². The smallest absolute Gasteiger partial charge is 0.238 e. The van der Waals surface area contributed by atoms with E-state index in [9.17, 15) is 9.59 Å². The lowest BCUT2D eigenvalue weighted by Gasteiger charge is -2.28. The van der Waals surface area contributed by atoms with Gasteiger partial charge in [-0.1, -0.05) is 54.6 Å². The first kappa shape index (κ1) is 19.2. The summed E-state index contributed by atoms with van der Waals surface area (Å²) >= 11 is 0. The first-order valence-corrected chi connectivity index (χ1v) is 10.5. The van der Waals surface area contributed by atoms with Crippen molar-refractivity contribution in [1.82, 2.24) is 0 Å². The van der Waals surface area contributed by atoms with Crippen LogP contribution in [0.5, 0.6) is 0 Å². The van der Waals surface area contributed by atoms with Crippen LogP contribution in [-0.2, 0) is 25.7 Å². The molecule has 154 valence electrons. The first-order chi connectivity index (χ1) is 14.6. The Morgan fingerprint density at radius 2 is 1.70 bits per heavy atom. The van der Waals surface area contributed by atoms with Gasteiger partial charge in [0.1, 0.15) is 6.10 Å². The number of fused-ring (bicyclic) bond motifs is 3. The molecule has 0 N–H and O–H groups in total. The number of hydrogen-bond acceptors (Lipinski definition) is 4. The zero-order valence-electron chi connectivity index (χ0n) is 16.9. The van der Waals surface area contributed by atoms with E-state index in [1.165, 1.54) is 4.90 Å². The van der Waals surface area contributed by atoms with Gasteiger partial charge >= 0.3 is 0 Å². The summed E-state index contributed by atoms with van der Waals surface area (Å²) in [6, 6.07) is 19.3. The summed E-state index contributed by atoms with van der Waals surface area (Å²) in [6.45, 7) is 2.99. The van der Waals surface area contributed by atoms with Gasteiger partial charge in [-0.2, -0.15) is 0 Å². The average molecular weight is 403 g/mol. The number of amides is 2. The molecule has 2 saturated heterocycles. The zero-order valence-corrected chi connectivity index (χ0v) is 16.9. The van der Waals surface area contributed by atoms with Gasteiger partial charge in [0.05, 0.1) is 36.8 Å². The van der Waals surface area contributed by atoms with E-state index in [2.05, 4.69) is 6.08 Å². The lowest BCUT2D eigenvalue weighted by atomic mass is 9.73. The van der Waals surface area contributed by atoms with Crippen molar-refractivity contribution in [1.29, 1.82) is 0 Å². The van der Waals surface area contributed by atoms with Crippen LogP contribution in [0.2, 0.25) is 0 Å². The number of rotatable bonds is 5. The summed E-state index contributed by atoms with van der Waals surface area (Å²) < 4.78 is 12.2. The Bertz CT molecular complexity index is 971. The van der Waals surface area contributed by atoms with Crippen LogP contribution in [0.1, 0.15) is 18.9 Å². The Kier molecular flexibility index (Phi) is 5.01. The molecule has 0 spiro atoms. The van der Waals surface area contributed by atoms with E-state index in [1.54, 1.807) is 0 Å². The van der Waals surface area contributed by atoms with Crippen LogP contribution in [0.4, 0.5) is 5.69 Å². The van der Waals surface area contributed by atoms with Crippen molar-refractivity contribution in [2.75, 3.05) is 11.5 Å². The molecule has 5 nitrogen and oxygen atoms in total. The van der Waals surface area contributed by atoms with Crippen LogP contribution in [0.15, 0.2) is 72.3 Å². The van der Waals surface area contributed by atoms with E-state index in [1.807, 2.05) is 67.6 Å². The van der Waals surface area contributed by atoms with Gasteiger partial charge in [0.15, 0.2) is 0 Å². The summed E-state index contributed by atoms with van der Waals surface area (Å²) in [4.78, 5) is 27.7. The number of anilines is 1. The Morgan fingerprint density at radius 3 is 2.43 bits per heavy atom. The Labute approximate surface area is 176 Å². The molecule has 0 unspecified atom stereocenters. The van der Waals surface area contributed by atoms with Crippen molar-refractivity contribution >= 4 is 17.5 Å². The van der Waals surface area contributed by atoms with Gasteiger partial charge in [-0.05, 0) is 36.6 Å². The number of para-hydroxylation sites is 1. The number of ether oxygens (including phenoxy) is 2. The molecule has 3 aliphatic rings. The molecule has 5 heteroatoms. The maximum absolute atomic E-state index is 13.3. The second-order valence-corrected chi connectivity index (χ2v) is 8.28. The number of carbonyl (C=O) groups is 2. The molecule has 5 rings (SSSR count). The highest BCUT2D eigenvalue weighted by Gasteiger charge is 2.56. The predicted molar refractivity (Wildman–Crippen MR) is 113 cm³/mol. The SMILES string of the molecule is C[C@H](OCc1ccccc1)[C@@H]1OC[C@@H]2C1=CC[C@@H]1C(=O)N(c3ccccc3)C(=O)[C@@H]12. The average Bonchev–Trinajstić information content (AvgIpc) is 3.32. The predicted octanol–water partition coefficient (Wildman–Crippen LogP) is 3.74. The second-order valence-electron chi connectivity index (χ2n) is 8.28. The molecule has 30 heavy (non-hydrogen) atoms. The molecular formula is C25H25NO4. The highest BCUT2D eigenvalue weighted by atomic mass is 16.5. The molecule has 2 aromatic rings. The standard InChI is InChI=1S/C25H25NO4/c1-16(29-14-17-8-4-2-5-9-17)23-19-12-13-20-22(21(19)15-30-23)25(28)26(24(20)27)18-10-6-3-7-11-18/h2-12,16,20-23H,13-15H2,1H3/t16-,20-,21+,22-,23-/m0/s1. The van der Waals surface area contributed by atoms with Crippen molar-refractivity contribution in [3.63, 3.8) is 0 Å². The fraction of sp³-hybridized carbons (Fsp3) is 0.360. The fourth-order valence-electron chi connectivity index (χ4n) is 5.03. The third-order valence-corrected chi connectivity index (χ3v) is 6.53. The highest BCUT2D eigenvalue weighted by Crippen LogP contribution is 2.47. The van der Waals surface area contributed by atoms with Crippen LogP contribution in [-0.4, -0.2) is 30.6 Å². The number of allylic oxidation sites excluding steroid dienone is 1. The van der Waals surface area contributed by atoms with Crippen molar-refractivity contribution in [2.24, 2.45) is 17.8 Å². The minimum atomic E-state index is -0.343. The summed E-state index contributed by atoms with van der Waals surface area (Å²) in [5, 5.41) is 0. The van der Waals surface area contributed by atoms with Crippen molar-refractivity contribution in [3.05, 3.63) is 77.9 Å². The lowest BCUT2D eigenvalue weighted by molar-refractivity contribution is -0.122. The number of carbonyl (C=O) groups excluding carboxylic acids is 2. The zero-order chi connectivity index (χ0) is 20.7. The summed E-state index contributed by atoms with van der Waals surface area (Å²) in [6.07, 6.45) is 2.39. The second kappa shape index (κ2) is 7.82. The van der Waals surface area contributed by atoms with Gasteiger partial charge in [0.2, 0.25) is 11.8 Å². The third-order valence-electron chi connectivity index (χ3n) is 6.53. The maximum atomic E-state index is 13.3. The minimum absolute atomic E-state index is 0.0540. The van der Waals surface area contributed by atoms with E-state index in [-0.39, 0.29) is 41.8 Å². The van der Waals surface area contributed by atoms with Gasteiger partial charge in [-0.15, -0.1) is 0 Å². The quantitative estimate of drug-likeness (QED) is 0.564. The van der Waals surface area contributed by atoms with Crippen LogP contribution < -0.4 is 4.90 Å². The highest BCUT2D eigenvalue weighted by molar-refractivity contribution is 6.22. The summed E-state index contributed by atoms with van der Waals surface area (Å²) in [5.41, 5.74) is 2.89. The van der Waals surface area contributed by atoms with Gasteiger partial charge in [0, 0.05) is 5.92 Å². The van der Waals surface area contributed by atoms with E-state index in [0.29, 0.717) is 25.3 Å². The van der Waals surface area contributed by atoms with Crippen LogP contribution >= 0.6 is 0 Å². The topological polar surface area (TPSA) is 55.8 Å². The van der Waals surface area contributed by atoms with Crippen LogP contribution in [0.3, 0.4) is 0 Å². The van der Waals surface area contributed by atoms with Crippen LogP contribution in [0.25, 0.3) is 0 Å². The summed E-state index contributed by atoms with van der Waals surface area (Å²) in [7, 11) is 0. The minimum Gasteiger partial charge on any atom is -0.371 e. The van der Waals surface area contributed by atoms with Gasteiger partial charge in [0.25, 0.3) is 0 Å². The van der Waals surface area contributed by atoms with Gasteiger partial charge in [-0.3, -0.25) is 14.5 Å². The molecule has 2 aliphatic heterocycles. The van der Waals surface area contributed by atoms with Crippen molar-refractivity contribution in [2.45, 2.75) is 32.2 Å². The fourth-order valence-corrected chi connectivity index (χ4v) is 5.03. The van der Waals surface area contributed by atoms with Crippen molar-refractivity contribution < 1.29 is 19.1 Å². The Balaban J connectivity index is 1.32.